The van der Waals surface area contributed by atoms with E-state index >= 15 is 0 Å². The molecular weight excluding hydrogens is 354 g/mol. The Morgan fingerprint density at radius 2 is 1.31 bits per heavy atom. The predicted octanol–water partition coefficient (Wildman–Crippen LogP) is 7.44. The van der Waals surface area contributed by atoms with Gasteiger partial charge in [0, 0.05) is 5.56 Å². The topological polar surface area (TPSA) is 0 Å². The molecule has 0 unspecified atom stereocenters. The Bertz CT molecular complexity index is 756. The van der Waals surface area contributed by atoms with Crippen LogP contribution in [0.15, 0.2) is 30.3 Å². The highest BCUT2D eigenvalue weighted by Gasteiger charge is 2.39. The SMILES string of the molecule is CC(C)c1cccc(C(C)C)c1-c1[c]cc(C(F)(F)F)cc1C(F)(F)F. The lowest BCUT2D eigenvalue weighted by atomic mass is 9.83. The molecule has 6 heteroatoms. The molecule has 0 amide bonds. The summed E-state index contributed by atoms with van der Waals surface area (Å²) >= 11 is 0. The zero-order valence-corrected chi connectivity index (χ0v) is 14.8. The van der Waals surface area contributed by atoms with Crippen molar-refractivity contribution in [1.82, 2.24) is 0 Å². The molecule has 2 aromatic carbocycles. The van der Waals surface area contributed by atoms with Crippen molar-refractivity contribution in [3.05, 3.63) is 58.7 Å². The maximum Gasteiger partial charge on any atom is 0.417 e. The molecule has 0 fully saturated rings. The van der Waals surface area contributed by atoms with Gasteiger partial charge in [0.1, 0.15) is 0 Å². The smallest absolute Gasteiger partial charge is 0.166 e. The van der Waals surface area contributed by atoms with Crippen molar-refractivity contribution >= 4 is 0 Å². The van der Waals surface area contributed by atoms with E-state index in [2.05, 4.69) is 6.07 Å². The predicted molar refractivity (Wildman–Crippen MR) is 88.9 cm³/mol. The lowest BCUT2D eigenvalue weighted by molar-refractivity contribution is -0.142. The largest absolute Gasteiger partial charge is 0.417 e. The summed E-state index contributed by atoms with van der Waals surface area (Å²) in [6, 6.07) is 8.22. The monoisotopic (exact) mass is 373 g/mol. The van der Waals surface area contributed by atoms with Crippen LogP contribution < -0.4 is 0 Å². The molecular formula is C20H19F6. The van der Waals surface area contributed by atoms with Crippen LogP contribution in [0.4, 0.5) is 26.3 Å². The number of alkyl halides is 6. The van der Waals surface area contributed by atoms with Gasteiger partial charge in [-0.2, -0.15) is 26.3 Å². The first kappa shape index (κ1) is 20.3. The number of hydrogen-bond acceptors (Lipinski definition) is 0. The zero-order valence-electron chi connectivity index (χ0n) is 14.8. The lowest BCUT2D eigenvalue weighted by Crippen LogP contribution is -2.13. The van der Waals surface area contributed by atoms with Crippen molar-refractivity contribution in [3.63, 3.8) is 0 Å². The molecule has 2 rings (SSSR count). The first-order valence-corrected chi connectivity index (χ1v) is 8.17. The summed E-state index contributed by atoms with van der Waals surface area (Å²) in [7, 11) is 0. The van der Waals surface area contributed by atoms with Crippen molar-refractivity contribution in [2.45, 2.75) is 51.9 Å². The molecule has 0 N–H and O–H groups in total. The van der Waals surface area contributed by atoms with Gasteiger partial charge < -0.3 is 0 Å². The van der Waals surface area contributed by atoms with Gasteiger partial charge in [-0.15, -0.1) is 0 Å². The maximum absolute atomic E-state index is 13.6. The highest BCUT2D eigenvalue weighted by Crippen LogP contribution is 2.44. The second kappa shape index (κ2) is 6.97. The van der Waals surface area contributed by atoms with Crippen LogP contribution in [0, 0.1) is 6.07 Å². The van der Waals surface area contributed by atoms with E-state index in [0.717, 1.165) is 0 Å². The molecule has 0 heterocycles. The third-order valence-electron chi connectivity index (χ3n) is 4.20. The van der Waals surface area contributed by atoms with Crippen LogP contribution >= 0.6 is 0 Å². The van der Waals surface area contributed by atoms with E-state index in [9.17, 15) is 26.3 Å². The van der Waals surface area contributed by atoms with Crippen LogP contribution in [0.1, 0.15) is 61.8 Å². The highest BCUT2D eigenvalue weighted by molar-refractivity contribution is 5.75. The van der Waals surface area contributed by atoms with Crippen molar-refractivity contribution in [2.24, 2.45) is 0 Å². The van der Waals surface area contributed by atoms with E-state index in [0.29, 0.717) is 22.8 Å². The van der Waals surface area contributed by atoms with E-state index in [1.807, 2.05) is 27.7 Å². The molecule has 0 bridgehead atoms. The second-order valence-electron chi connectivity index (χ2n) is 6.79. The van der Waals surface area contributed by atoms with Gasteiger partial charge in [0.15, 0.2) is 0 Å². The van der Waals surface area contributed by atoms with Crippen molar-refractivity contribution in [3.8, 4) is 11.1 Å². The van der Waals surface area contributed by atoms with Gasteiger partial charge in [-0.3, -0.25) is 0 Å². The average molecular weight is 373 g/mol. The lowest BCUT2D eigenvalue weighted by Gasteiger charge is -2.23. The van der Waals surface area contributed by atoms with Crippen molar-refractivity contribution < 1.29 is 26.3 Å². The molecule has 26 heavy (non-hydrogen) atoms. The molecule has 0 spiro atoms. The van der Waals surface area contributed by atoms with Crippen LogP contribution in [-0.4, -0.2) is 0 Å². The second-order valence-corrected chi connectivity index (χ2v) is 6.79. The first-order chi connectivity index (χ1) is 11.8. The standard InChI is InChI=1S/C20H19F6/c1-11(2)14-6-5-7-15(12(3)4)18(14)16-9-8-13(19(21,22)23)10-17(16)20(24,25)26/h5-8,10-12H,1-4H3. The molecule has 1 radical (unpaired) electrons. The van der Waals surface area contributed by atoms with Crippen LogP contribution in [0.2, 0.25) is 0 Å². The van der Waals surface area contributed by atoms with Crippen LogP contribution in [0.3, 0.4) is 0 Å². The van der Waals surface area contributed by atoms with Gasteiger partial charge in [0.25, 0.3) is 0 Å². The number of benzene rings is 2. The van der Waals surface area contributed by atoms with Gasteiger partial charge in [-0.25, -0.2) is 0 Å². The molecule has 0 saturated heterocycles. The van der Waals surface area contributed by atoms with Crippen LogP contribution in [-0.2, 0) is 12.4 Å². The zero-order chi connectivity index (χ0) is 19.9. The van der Waals surface area contributed by atoms with Gasteiger partial charge in [-0.05, 0) is 46.7 Å². The van der Waals surface area contributed by atoms with Crippen molar-refractivity contribution in [1.29, 1.82) is 0 Å². The Hall–Kier alpha value is -1.98. The molecule has 141 valence electrons. The molecule has 0 aliphatic carbocycles. The Morgan fingerprint density at radius 3 is 1.69 bits per heavy atom. The summed E-state index contributed by atoms with van der Waals surface area (Å²) in [5.41, 5.74) is -1.39. The number of hydrogen-bond donors (Lipinski definition) is 0. The Kier molecular flexibility index (Phi) is 5.45. The minimum absolute atomic E-state index is 0.0968. The molecule has 0 saturated carbocycles. The Balaban J connectivity index is 2.89. The highest BCUT2D eigenvalue weighted by atomic mass is 19.4. The molecule has 0 atom stereocenters. The van der Waals surface area contributed by atoms with E-state index < -0.39 is 23.5 Å². The third-order valence-corrected chi connectivity index (χ3v) is 4.20. The van der Waals surface area contributed by atoms with E-state index in [-0.39, 0.29) is 23.5 Å². The molecule has 0 aliphatic rings. The van der Waals surface area contributed by atoms with E-state index in [1.54, 1.807) is 18.2 Å². The van der Waals surface area contributed by atoms with E-state index in [4.69, 9.17) is 0 Å². The molecule has 2 aromatic rings. The molecule has 0 aromatic heterocycles. The van der Waals surface area contributed by atoms with Gasteiger partial charge in [-0.1, -0.05) is 45.9 Å². The molecule has 0 nitrogen and oxygen atoms in total. The fraction of sp³-hybridized carbons (Fsp3) is 0.400. The Labute approximate surface area is 148 Å². The van der Waals surface area contributed by atoms with Crippen LogP contribution in [0.25, 0.3) is 11.1 Å². The van der Waals surface area contributed by atoms with Gasteiger partial charge >= 0.3 is 12.4 Å². The quantitative estimate of drug-likeness (QED) is 0.491. The number of halogens is 6. The summed E-state index contributed by atoms with van der Waals surface area (Å²) < 4.78 is 79.5. The number of rotatable bonds is 3. The van der Waals surface area contributed by atoms with Gasteiger partial charge in [0.05, 0.1) is 11.1 Å². The fourth-order valence-electron chi connectivity index (χ4n) is 2.93. The summed E-state index contributed by atoms with van der Waals surface area (Å²) in [4.78, 5) is 0. The minimum Gasteiger partial charge on any atom is -0.166 e. The average Bonchev–Trinajstić information content (AvgIpc) is 2.51. The fourth-order valence-corrected chi connectivity index (χ4v) is 2.93. The normalized spacial score (nSPS) is 12.9. The van der Waals surface area contributed by atoms with Gasteiger partial charge in [0.2, 0.25) is 0 Å². The summed E-state index contributed by atoms with van der Waals surface area (Å²) in [6.07, 6.45) is -9.79. The Morgan fingerprint density at radius 1 is 0.808 bits per heavy atom. The van der Waals surface area contributed by atoms with E-state index in [1.165, 1.54) is 0 Å². The summed E-state index contributed by atoms with van der Waals surface area (Å²) in [5.74, 6) is -0.194. The minimum atomic E-state index is -4.93. The first-order valence-electron chi connectivity index (χ1n) is 8.17. The maximum atomic E-state index is 13.6. The third kappa shape index (κ3) is 4.05. The summed E-state index contributed by atoms with van der Waals surface area (Å²) in [5, 5.41) is 0. The summed E-state index contributed by atoms with van der Waals surface area (Å²) in [6.45, 7) is 7.33. The van der Waals surface area contributed by atoms with Crippen molar-refractivity contribution in [2.75, 3.05) is 0 Å². The van der Waals surface area contributed by atoms with Crippen LogP contribution in [0.5, 0.6) is 0 Å². The molecule has 0 aliphatic heterocycles.